The van der Waals surface area contributed by atoms with Crippen LogP contribution >= 0.6 is 0 Å². The highest BCUT2D eigenvalue weighted by atomic mass is 16.5. The molecule has 3 fully saturated rings. The van der Waals surface area contributed by atoms with Crippen LogP contribution in [-0.2, 0) is 10.3 Å². The van der Waals surface area contributed by atoms with Gasteiger partial charge in [-0.05, 0) is 49.3 Å². The monoisotopic (exact) mass is 343 g/mol. The Balaban J connectivity index is 1.67. The second kappa shape index (κ2) is 6.36. The van der Waals surface area contributed by atoms with Crippen molar-refractivity contribution in [2.45, 2.75) is 50.7 Å². The van der Waals surface area contributed by atoms with Gasteiger partial charge in [0.2, 0.25) is 0 Å². The van der Waals surface area contributed by atoms with E-state index in [0.29, 0.717) is 17.5 Å². The fourth-order valence-corrected chi connectivity index (χ4v) is 5.65. The summed E-state index contributed by atoms with van der Waals surface area (Å²) in [6.45, 7) is 4.54. The van der Waals surface area contributed by atoms with Crippen LogP contribution in [-0.4, -0.2) is 42.0 Å². The Morgan fingerprint density at radius 3 is 2.56 bits per heavy atom. The summed E-state index contributed by atoms with van der Waals surface area (Å²) in [5.74, 6) is 1.32. The third-order valence-electron chi connectivity index (χ3n) is 6.89. The van der Waals surface area contributed by atoms with E-state index in [9.17, 15) is 4.79 Å². The summed E-state index contributed by atoms with van der Waals surface area (Å²) in [5, 5.41) is 0. The molecule has 2 unspecified atom stereocenters. The molecule has 0 spiro atoms. The fraction of sp³-hybridized carbons (Fsp3) is 0.700. The lowest BCUT2D eigenvalue weighted by atomic mass is 9.61. The number of ether oxygens (including phenoxy) is 1. The fourth-order valence-electron chi connectivity index (χ4n) is 5.65. The van der Waals surface area contributed by atoms with Crippen molar-refractivity contribution in [3.05, 3.63) is 29.6 Å². The van der Waals surface area contributed by atoms with E-state index >= 15 is 0 Å². The Morgan fingerprint density at radius 2 is 2.00 bits per heavy atom. The summed E-state index contributed by atoms with van der Waals surface area (Å²) in [4.78, 5) is 18.4. The predicted molar refractivity (Wildman–Crippen MR) is 96.0 cm³/mol. The van der Waals surface area contributed by atoms with Gasteiger partial charge < -0.3 is 10.5 Å². The molecule has 1 aromatic heterocycles. The van der Waals surface area contributed by atoms with Crippen LogP contribution in [0.5, 0.6) is 0 Å². The van der Waals surface area contributed by atoms with Gasteiger partial charge in [-0.25, -0.2) is 0 Å². The molecule has 2 aliphatic carbocycles. The van der Waals surface area contributed by atoms with E-state index in [2.05, 4.69) is 16.8 Å². The molecule has 4 rings (SSSR count). The lowest BCUT2D eigenvalue weighted by Crippen LogP contribution is -2.62. The number of primary amides is 1. The Labute approximate surface area is 149 Å². The number of rotatable bonds is 4. The van der Waals surface area contributed by atoms with E-state index in [-0.39, 0.29) is 5.60 Å². The van der Waals surface area contributed by atoms with Crippen LogP contribution < -0.4 is 5.73 Å². The first-order chi connectivity index (χ1) is 12.0. The highest BCUT2D eigenvalue weighted by Crippen LogP contribution is 2.52. The van der Waals surface area contributed by atoms with Crippen LogP contribution in [0.15, 0.2) is 18.3 Å². The van der Waals surface area contributed by atoms with E-state index in [1.807, 2.05) is 19.2 Å². The number of pyridine rings is 1. The topological polar surface area (TPSA) is 68.5 Å². The molecule has 136 valence electrons. The van der Waals surface area contributed by atoms with Crippen LogP contribution in [0, 0.1) is 17.8 Å². The van der Waals surface area contributed by atoms with Crippen molar-refractivity contribution in [2.24, 2.45) is 23.5 Å². The van der Waals surface area contributed by atoms with E-state index in [1.54, 1.807) is 6.20 Å². The number of nitrogens with two attached hydrogens (primary N) is 1. The van der Waals surface area contributed by atoms with Gasteiger partial charge >= 0.3 is 0 Å². The first-order valence-corrected chi connectivity index (χ1v) is 9.60. The van der Waals surface area contributed by atoms with Gasteiger partial charge in [-0.1, -0.05) is 13.3 Å². The summed E-state index contributed by atoms with van der Waals surface area (Å²) in [7, 11) is 1.83. The number of piperidine rings is 1. The first kappa shape index (κ1) is 17.0. The molecule has 1 saturated heterocycles. The van der Waals surface area contributed by atoms with Gasteiger partial charge in [0.1, 0.15) is 11.3 Å². The third-order valence-corrected chi connectivity index (χ3v) is 6.89. The molecule has 2 saturated carbocycles. The highest BCUT2D eigenvalue weighted by Gasteiger charge is 2.54. The standard InChI is InChI=1S/C20H29N3O2/c1-13-8-17(9-13)23-11-15-4-3-5-16(12-23)20(15,25-2)14-6-7-22-18(10-14)19(21)24/h6-7,10,13,15-17H,3-5,8-9,11-12H2,1-2H3,(H2,21,24)/t13-,15?,16?,17-,20?. The summed E-state index contributed by atoms with van der Waals surface area (Å²) >= 11 is 0. The van der Waals surface area contributed by atoms with Crippen molar-refractivity contribution in [1.29, 1.82) is 0 Å². The average molecular weight is 343 g/mol. The van der Waals surface area contributed by atoms with Crippen LogP contribution in [0.25, 0.3) is 0 Å². The van der Waals surface area contributed by atoms with Crippen molar-refractivity contribution >= 4 is 5.91 Å². The maximum absolute atomic E-state index is 11.6. The Kier molecular flexibility index (Phi) is 4.32. The Hall–Kier alpha value is -1.46. The Morgan fingerprint density at radius 1 is 1.32 bits per heavy atom. The van der Waals surface area contributed by atoms with Gasteiger partial charge in [-0.2, -0.15) is 0 Å². The normalized spacial score (nSPS) is 38.2. The maximum atomic E-state index is 11.6. The number of hydrogen-bond donors (Lipinski definition) is 1. The van der Waals surface area contributed by atoms with Gasteiger partial charge in [0, 0.05) is 44.3 Å². The smallest absolute Gasteiger partial charge is 0.267 e. The van der Waals surface area contributed by atoms with Gasteiger partial charge in [0.05, 0.1) is 0 Å². The van der Waals surface area contributed by atoms with E-state index < -0.39 is 5.91 Å². The van der Waals surface area contributed by atoms with Crippen LogP contribution in [0.2, 0.25) is 0 Å². The maximum Gasteiger partial charge on any atom is 0.267 e. The molecule has 5 heteroatoms. The highest BCUT2D eigenvalue weighted by molar-refractivity contribution is 5.90. The molecule has 2 N–H and O–H groups in total. The van der Waals surface area contributed by atoms with Gasteiger partial charge in [0.25, 0.3) is 5.91 Å². The SMILES string of the molecule is COC1(c2ccnc(C(N)=O)c2)C2CCCC1CN([C@H]1C[C@H](C)C1)C2. The molecule has 0 aromatic carbocycles. The van der Waals surface area contributed by atoms with E-state index in [4.69, 9.17) is 10.5 Å². The number of methoxy groups -OCH3 is 1. The molecule has 2 bridgehead atoms. The minimum atomic E-state index is -0.473. The average Bonchev–Trinajstić information content (AvgIpc) is 2.57. The van der Waals surface area contributed by atoms with Crippen molar-refractivity contribution in [1.82, 2.24) is 9.88 Å². The van der Waals surface area contributed by atoms with Crippen LogP contribution in [0.1, 0.15) is 55.1 Å². The lowest BCUT2D eigenvalue weighted by molar-refractivity contribution is -0.179. The number of amides is 1. The van der Waals surface area contributed by atoms with Crippen molar-refractivity contribution in [3.63, 3.8) is 0 Å². The molecule has 25 heavy (non-hydrogen) atoms. The van der Waals surface area contributed by atoms with E-state index in [1.165, 1.54) is 32.1 Å². The van der Waals surface area contributed by atoms with E-state index in [0.717, 1.165) is 30.6 Å². The minimum Gasteiger partial charge on any atom is -0.373 e. The number of carbonyl (C=O) groups is 1. The first-order valence-electron chi connectivity index (χ1n) is 9.60. The predicted octanol–water partition coefficient (Wildman–Crippen LogP) is 2.55. The molecule has 0 radical (unpaired) electrons. The molecular formula is C20H29N3O2. The molecular weight excluding hydrogens is 314 g/mol. The van der Waals surface area contributed by atoms with Gasteiger partial charge in [-0.15, -0.1) is 0 Å². The third kappa shape index (κ3) is 2.68. The van der Waals surface area contributed by atoms with Crippen LogP contribution in [0.4, 0.5) is 0 Å². The van der Waals surface area contributed by atoms with Gasteiger partial charge in [-0.3, -0.25) is 14.7 Å². The second-order valence-electron chi connectivity index (χ2n) is 8.30. The second-order valence-corrected chi connectivity index (χ2v) is 8.30. The zero-order valence-corrected chi connectivity index (χ0v) is 15.3. The molecule has 2 heterocycles. The molecule has 3 aliphatic rings. The molecule has 1 aliphatic heterocycles. The number of aromatic nitrogens is 1. The summed E-state index contributed by atoms with van der Waals surface area (Å²) in [5.41, 5.74) is 6.57. The zero-order valence-electron chi connectivity index (χ0n) is 15.3. The lowest BCUT2D eigenvalue weighted by Gasteiger charge is -2.58. The zero-order chi connectivity index (χ0) is 17.6. The molecule has 2 atom stereocenters. The molecule has 1 aromatic rings. The van der Waals surface area contributed by atoms with Crippen molar-refractivity contribution in [3.8, 4) is 0 Å². The molecule has 5 nitrogen and oxygen atoms in total. The number of hydrogen-bond acceptors (Lipinski definition) is 4. The van der Waals surface area contributed by atoms with Crippen molar-refractivity contribution in [2.75, 3.05) is 20.2 Å². The quantitative estimate of drug-likeness (QED) is 0.912. The summed E-state index contributed by atoms with van der Waals surface area (Å²) in [6.07, 6.45) is 7.99. The summed E-state index contributed by atoms with van der Waals surface area (Å²) < 4.78 is 6.26. The number of carbonyl (C=O) groups excluding carboxylic acids is 1. The molecule has 1 amide bonds. The largest absolute Gasteiger partial charge is 0.373 e. The van der Waals surface area contributed by atoms with Crippen molar-refractivity contribution < 1.29 is 9.53 Å². The number of nitrogens with zero attached hydrogens (tertiary/aromatic N) is 2. The minimum absolute atomic E-state index is 0.308. The number of fused-ring (bicyclic) bond motifs is 2. The summed E-state index contributed by atoms with van der Waals surface area (Å²) in [6, 6.07) is 4.63. The Bertz CT molecular complexity index is 642. The van der Waals surface area contributed by atoms with Gasteiger partial charge in [0.15, 0.2) is 0 Å². The number of likely N-dealkylation sites (tertiary alicyclic amines) is 1. The van der Waals surface area contributed by atoms with Crippen LogP contribution in [0.3, 0.4) is 0 Å².